The van der Waals surface area contributed by atoms with Crippen LogP contribution in [0.15, 0.2) is 72.8 Å². The summed E-state index contributed by atoms with van der Waals surface area (Å²) in [6.45, 7) is 16.4. The van der Waals surface area contributed by atoms with E-state index in [2.05, 4.69) is 16.0 Å². The van der Waals surface area contributed by atoms with Gasteiger partial charge in [-0.3, -0.25) is 56.9 Å². The van der Waals surface area contributed by atoms with Gasteiger partial charge in [-0.15, -0.1) is 0 Å². The molecule has 6 atom stereocenters. The van der Waals surface area contributed by atoms with Crippen molar-refractivity contribution in [2.24, 2.45) is 22.0 Å². The number of nitrogens with zero attached hydrogens (tertiary/aromatic N) is 2. The number of rotatable bonds is 27. The van der Waals surface area contributed by atoms with Crippen LogP contribution in [0.4, 0.5) is 14.5 Å². The molecule has 0 unspecified atom stereocenters. The SMILES string of the molecule is C/C(=C\C(=O)N[C@H]1CCc2cccc3c2N(C1=O)[C@H](C(=O)N[C@@H](CCC(N)=O)[C@@H](C)OCc1ccc(CCOCC(=O)N[C@H](C(=O)N2CC[C@@H](O)C2)C(C)(C)C)cc1)C3)c1ccc(C(F)(F)P(=O)(OCOC(=O)C(C)(C)C)OCOC(=O)C(C)(C)C)cc1. The third kappa shape index (κ3) is 18.6. The van der Waals surface area contributed by atoms with E-state index in [0.717, 1.165) is 34.4 Å². The molecule has 0 radical (unpaired) electrons. The lowest BCUT2D eigenvalue weighted by atomic mass is 9.85. The molecule has 88 heavy (non-hydrogen) atoms. The zero-order valence-electron chi connectivity index (χ0n) is 52.0. The molecule has 0 saturated carbocycles. The molecule has 1 fully saturated rings. The molecule has 0 spiro atoms. The van der Waals surface area contributed by atoms with E-state index < -0.39 is 127 Å². The molecule has 6 N–H and O–H groups in total. The quantitative estimate of drug-likeness (QED) is 0.0171. The number of para-hydroxylation sites is 1. The summed E-state index contributed by atoms with van der Waals surface area (Å²) in [5.41, 5.74) is 2.09. The summed E-state index contributed by atoms with van der Waals surface area (Å²) >= 11 is 0. The summed E-state index contributed by atoms with van der Waals surface area (Å²) in [5.74, 6) is -4.69. The minimum atomic E-state index is -5.61. The maximum Gasteiger partial charge on any atom is 0.410 e. The summed E-state index contributed by atoms with van der Waals surface area (Å²) in [5, 5.41) is 18.5. The van der Waals surface area contributed by atoms with Crippen molar-refractivity contribution in [2.75, 3.05) is 44.8 Å². The number of hydrogen-bond donors (Lipinski definition) is 5. The van der Waals surface area contributed by atoms with Crippen LogP contribution in [0, 0.1) is 16.2 Å². The number of β-amino-alcohol motifs (C(OH)–C–C–N with tert-alkyl or cyclic N) is 1. The van der Waals surface area contributed by atoms with Crippen molar-refractivity contribution >= 4 is 66.2 Å². The Bertz CT molecular complexity index is 3070. The van der Waals surface area contributed by atoms with Gasteiger partial charge in [0.25, 0.3) is 0 Å². The van der Waals surface area contributed by atoms with Gasteiger partial charge in [0.15, 0.2) is 0 Å². The van der Waals surface area contributed by atoms with Gasteiger partial charge >= 0.3 is 25.2 Å². The maximum absolute atomic E-state index is 16.2. The number of benzene rings is 3. The van der Waals surface area contributed by atoms with Crippen molar-refractivity contribution in [3.63, 3.8) is 0 Å². The van der Waals surface area contributed by atoms with Crippen molar-refractivity contribution in [1.29, 1.82) is 0 Å². The van der Waals surface area contributed by atoms with Gasteiger partial charge < -0.3 is 50.6 Å². The first kappa shape index (κ1) is 70.1. The third-order valence-electron chi connectivity index (χ3n) is 15.2. The molecule has 0 aliphatic carbocycles. The topological polar surface area (TPSA) is 298 Å². The Kier molecular flexibility index (Phi) is 23.6. The number of hydrogen-bond acceptors (Lipinski definition) is 16. The first-order valence-corrected chi connectivity index (χ1v) is 30.9. The van der Waals surface area contributed by atoms with E-state index in [0.29, 0.717) is 31.5 Å². The van der Waals surface area contributed by atoms with Gasteiger partial charge in [-0.25, -0.2) is 0 Å². The van der Waals surface area contributed by atoms with Crippen molar-refractivity contribution in [2.45, 2.75) is 170 Å². The highest BCUT2D eigenvalue weighted by molar-refractivity contribution is 7.54. The van der Waals surface area contributed by atoms with E-state index in [1.54, 1.807) is 11.8 Å². The van der Waals surface area contributed by atoms with Crippen molar-refractivity contribution in [1.82, 2.24) is 20.9 Å². The van der Waals surface area contributed by atoms with Gasteiger partial charge in [0.2, 0.25) is 49.0 Å². The molecule has 1 saturated heterocycles. The number of nitrogens with one attached hydrogen (secondary N) is 3. The van der Waals surface area contributed by atoms with Crippen LogP contribution < -0.4 is 26.6 Å². The van der Waals surface area contributed by atoms with Crippen LogP contribution in [-0.2, 0) is 102 Å². The van der Waals surface area contributed by atoms with Crippen LogP contribution in [0.2, 0.25) is 0 Å². The predicted molar refractivity (Wildman–Crippen MR) is 320 cm³/mol. The normalized spacial score (nSPS) is 18.4. The van der Waals surface area contributed by atoms with E-state index >= 15 is 8.78 Å². The summed E-state index contributed by atoms with van der Waals surface area (Å²) in [7, 11) is -5.61. The maximum atomic E-state index is 16.2. The second-order valence-electron chi connectivity index (χ2n) is 25.6. The molecule has 3 aliphatic heterocycles. The zero-order chi connectivity index (χ0) is 65.1. The molecule has 25 heteroatoms. The van der Waals surface area contributed by atoms with E-state index in [1.807, 2.05) is 63.2 Å². The Labute approximate surface area is 512 Å². The third-order valence-corrected chi connectivity index (χ3v) is 17.1. The second kappa shape index (κ2) is 29.6. The second-order valence-corrected chi connectivity index (χ2v) is 27.7. The number of aliphatic hydroxyl groups excluding tert-OH is 1. The van der Waals surface area contributed by atoms with E-state index in [1.165, 1.54) is 71.6 Å². The number of primary amides is 1. The summed E-state index contributed by atoms with van der Waals surface area (Å²) in [6.07, 6.45) is 1.69. The molecule has 0 aromatic heterocycles. The molecular weight excluding hydrogens is 1170 g/mol. The molecule has 3 aromatic rings. The number of alkyl halides is 2. The number of allylic oxidation sites excluding steroid dienone is 1. The van der Waals surface area contributed by atoms with Gasteiger partial charge in [-0.1, -0.05) is 87.5 Å². The Morgan fingerprint density at radius 3 is 2.00 bits per heavy atom. The van der Waals surface area contributed by atoms with Crippen LogP contribution in [0.1, 0.15) is 135 Å². The van der Waals surface area contributed by atoms with Crippen molar-refractivity contribution in [3.05, 3.63) is 106 Å². The fourth-order valence-corrected chi connectivity index (χ4v) is 11.2. The summed E-state index contributed by atoms with van der Waals surface area (Å²) in [4.78, 5) is 109. The average molecular weight is 1250 g/mol. The zero-order valence-corrected chi connectivity index (χ0v) is 52.9. The highest BCUT2D eigenvalue weighted by Gasteiger charge is 2.56. The number of amides is 6. The van der Waals surface area contributed by atoms with Crippen LogP contribution in [0.25, 0.3) is 5.57 Å². The van der Waals surface area contributed by atoms with Crippen molar-refractivity contribution < 1.29 is 84.8 Å². The average Bonchev–Trinajstić information content (AvgIpc) is 1.59. The molecule has 0 bridgehead atoms. The number of carbonyl (C=O) groups is 8. The Balaban J connectivity index is 1.06. The summed E-state index contributed by atoms with van der Waals surface area (Å²) in [6, 6.07) is 13.7. The van der Waals surface area contributed by atoms with Gasteiger partial charge in [-0.05, 0) is 126 Å². The summed E-state index contributed by atoms with van der Waals surface area (Å²) < 4.78 is 78.1. The van der Waals surface area contributed by atoms with Crippen LogP contribution in [-0.4, -0.2) is 134 Å². The smallest absolute Gasteiger partial charge is 0.410 e. The number of aryl methyl sites for hydroxylation is 1. The molecular formula is C63H85F2N6O16P. The van der Waals surface area contributed by atoms with Gasteiger partial charge in [0, 0.05) is 37.6 Å². The number of halogens is 2. The van der Waals surface area contributed by atoms with Crippen LogP contribution >= 0.6 is 7.60 Å². The minimum Gasteiger partial charge on any atom is -0.438 e. The number of likely N-dealkylation sites (tertiary alicyclic amines) is 1. The Hall–Kier alpha value is -6.95. The number of ether oxygens (including phenoxy) is 4. The molecule has 3 aliphatic rings. The van der Waals surface area contributed by atoms with Crippen LogP contribution in [0.3, 0.4) is 0 Å². The molecule has 3 heterocycles. The van der Waals surface area contributed by atoms with E-state index in [4.69, 9.17) is 33.7 Å². The van der Waals surface area contributed by atoms with Gasteiger partial charge in [0.1, 0.15) is 24.7 Å². The monoisotopic (exact) mass is 1250 g/mol. The number of carbonyl (C=O) groups excluding carboxylic acids is 8. The molecule has 482 valence electrons. The van der Waals surface area contributed by atoms with Gasteiger partial charge in [0.05, 0.1) is 48.0 Å². The molecule has 6 rings (SSSR count). The first-order valence-electron chi connectivity index (χ1n) is 29.4. The number of anilines is 1. The highest BCUT2D eigenvalue weighted by Crippen LogP contribution is 2.67. The fraction of sp³-hybridized carbons (Fsp3) is 0.556. The lowest BCUT2D eigenvalue weighted by Gasteiger charge is -2.33. The number of esters is 2. The molecule has 22 nitrogen and oxygen atoms in total. The Morgan fingerprint density at radius 2 is 1.43 bits per heavy atom. The van der Waals surface area contributed by atoms with Crippen molar-refractivity contribution in [3.8, 4) is 0 Å². The largest absolute Gasteiger partial charge is 0.438 e. The standard InChI is InChI=1S/C63H85F2N6O16P/c1-38(42-19-22-45(23-20-42)63(64,65)88(81,86-36-84-58(79)61(6,7)8)87-37-85-59(80)62(9,10)11)31-51(74)67-48-24-21-43-13-12-14-44-32-49(71(53(43)44)56(48)77)55(76)68-47(25-26-50(66)73)39(2)83-34-41-17-15-40(16-18-41)28-30-82-35-52(75)69-54(60(3,4)5)57(78)70-29-27-46(72)33-70/h12-20,22-23,31,39,46-49,54,72H,21,24-30,32-37H2,1-11H3,(H2,66,73)(H,67,74)(H,68,76)(H,69,75)/b38-31+/t39-,46-,47+,48+,49+,54-/m1/s1. The Morgan fingerprint density at radius 1 is 0.830 bits per heavy atom. The number of aliphatic hydroxyl groups is 1. The van der Waals surface area contributed by atoms with Crippen LogP contribution in [0.5, 0.6) is 0 Å². The number of nitrogens with two attached hydrogens (primary N) is 1. The lowest BCUT2D eigenvalue weighted by molar-refractivity contribution is -0.163. The lowest BCUT2D eigenvalue weighted by Crippen LogP contribution is -2.56. The first-order chi connectivity index (χ1) is 41.1. The predicted octanol–water partition coefficient (Wildman–Crippen LogP) is 6.89. The van der Waals surface area contributed by atoms with E-state index in [9.17, 15) is 48.0 Å². The highest BCUT2D eigenvalue weighted by atomic mass is 31.2. The minimum absolute atomic E-state index is 0.0762. The van der Waals surface area contributed by atoms with Gasteiger partial charge in [-0.2, -0.15) is 8.78 Å². The van der Waals surface area contributed by atoms with E-state index in [-0.39, 0.29) is 69.1 Å². The fourth-order valence-electron chi connectivity index (χ4n) is 9.97. The molecule has 6 amide bonds. The molecule has 3 aromatic carbocycles.